The van der Waals surface area contributed by atoms with Gasteiger partial charge in [0.25, 0.3) is 5.69 Å². The van der Waals surface area contributed by atoms with Crippen molar-refractivity contribution in [2.75, 3.05) is 43.0 Å². The van der Waals surface area contributed by atoms with Gasteiger partial charge in [-0.25, -0.2) is 0 Å². The Labute approximate surface area is 192 Å². The highest BCUT2D eigenvalue weighted by atomic mass is 16.6. The zero-order valence-corrected chi connectivity index (χ0v) is 18.7. The average Bonchev–Trinajstić information content (AvgIpc) is 2.84. The van der Waals surface area contributed by atoms with E-state index in [4.69, 9.17) is 4.74 Å². The number of carbonyl (C=O) groups is 1. The molecule has 4 rings (SSSR count). The molecule has 3 aromatic rings. The zero-order valence-electron chi connectivity index (χ0n) is 18.7. The molecular formula is C24H27N5O4. The molecule has 1 aromatic heterocycles. The van der Waals surface area contributed by atoms with Crippen LogP contribution in [-0.2, 0) is 4.79 Å². The summed E-state index contributed by atoms with van der Waals surface area (Å²) in [6, 6.07) is 12.2. The van der Waals surface area contributed by atoms with Gasteiger partial charge < -0.3 is 15.0 Å². The fourth-order valence-corrected chi connectivity index (χ4v) is 4.16. The SMILES string of the molecule is CCOc1ccc(NC(=O)C(C)N2CCN(c3ccc([N+](=O)[O-])c4cnccc34)CC2)cc1. The van der Waals surface area contributed by atoms with E-state index in [-0.39, 0.29) is 22.6 Å². The third kappa shape index (κ3) is 4.88. The number of amides is 1. The van der Waals surface area contributed by atoms with Crippen LogP contribution in [0.2, 0.25) is 0 Å². The second-order valence-electron chi connectivity index (χ2n) is 7.93. The number of nitrogens with zero attached hydrogens (tertiary/aromatic N) is 4. The first-order valence-corrected chi connectivity index (χ1v) is 11.0. The highest BCUT2D eigenvalue weighted by molar-refractivity contribution is 5.99. The maximum atomic E-state index is 12.8. The predicted molar refractivity (Wildman–Crippen MR) is 128 cm³/mol. The van der Waals surface area contributed by atoms with Crippen molar-refractivity contribution in [3.63, 3.8) is 0 Å². The van der Waals surface area contributed by atoms with Crippen molar-refractivity contribution < 1.29 is 14.5 Å². The third-order valence-electron chi connectivity index (χ3n) is 5.98. The van der Waals surface area contributed by atoms with Crippen LogP contribution in [0.1, 0.15) is 13.8 Å². The molecule has 9 heteroatoms. The molecule has 0 bridgehead atoms. The average molecular weight is 450 g/mol. The number of pyridine rings is 1. The van der Waals surface area contributed by atoms with E-state index in [1.807, 2.05) is 44.2 Å². The van der Waals surface area contributed by atoms with Crippen LogP contribution in [-0.4, -0.2) is 59.5 Å². The quantitative estimate of drug-likeness (QED) is 0.434. The Hall–Kier alpha value is -3.72. The number of anilines is 2. The van der Waals surface area contributed by atoms with Crippen molar-refractivity contribution in [1.29, 1.82) is 0 Å². The number of hydrogen-bond acceptors (Lipinski definition) is 7. The van der Waals surface area contributed by atoms with Crippen molar-refractivity contribution in [2.45, 2.75) is 19.9 Å². The second-order valence-corrected chi connectivity index (χ2v) is 7.93. The first-order valence-electron chi connectivity index (χ1n) is 11.0. The fraction of sp³-hybridized carbons (Fsp3) is 0.333. The predicted octanol–water partition coefficient (Wildman–Crippen LogP) is 3.69. The number of nitro benzene ring substituents is 1. The molecular weight excluding hydrogens is 422 g/mol. The van der Waals surface area contributed by atoms with Gasteiger partial charge in [-0.1, -0.05) is 0 Å². The smallest absolute Gasteiger partial charge is 0.278 e. The fourth-order valence-electron chi connectivity index (χ4n) is 4.16. The Morgan fingerprint density at radius 1 is 1.12 bits per heavy atom. The van der Waals surface area contributed by atoms with Crippen LogP contribution in [0.5, 0.6) is 5.75 Å². The minimum Gasteiger partial charge on any atom is -0.494 e. The first-order chi connectivity index (χ1) is 16.0. The molecule has 0 aliphatic carbocycles. The van der Waals surface area contributed by atoms with E-state index in [1.165, 1.54) is 0 Å². The van der Waals surface area contributed by atoms with Crippen LogP contribution < -0.4 is 15.0 Å². The lowest BCUT2D eigenvalue weighted by molar-refractivity contribution is -0.383. The highest BCUT2D eigenvalue weighted by Crippen LogP contribution is 2.33. The molecule has 1 saturated heterocycles. The maximum Gasteiger partial charge on any atom is 0.278 e. The van der Waals surface area contributed by atoms with Crippen molar-refractivity contribution in [3.05, 3.63) is 65.0 Å². The van der Waals surface area contributed by atoms with Gasteiger partial charge in [0, 0.05) is 61.4 Å². The van der Waals surface area contributed by atoms with E-state index >= 15 is 0 Å². The number of piperazine rings is 1. The van der Waals surface area contributed by atoms with E-state index in [0.717, 1.165) is 35.6 Å². The van der Waals surface area contributed by atoms with E-state index in [1.54, 1.807) is 24.5 Å². The molecule has 1 unspecified atom stereocenters. The van der Waals surface area contributed by atoms with Gasteiger partial charge >= 0.3 is 0 Å². The van der Waals surface area contributed by atoms with Crippen molar-refractivity contribution in [1.82, 2.24) is 9.88 Å². The summed E-state index contributed by atoms with van der Waals surface area (Å²) in [7, 11) is 0. The largest absolute Gasteiger partial charge is 0.494 e. The van der Waals surface area contributed by atoms with Gasteiger partial charge in [0.1, 0.15) is 5.75 Å². The molecule has 1 atom stereocenters. The minimum atomic E-state index is -0.379. The first kappa shape index (κ1) is 22.5. The summed E-state index contributed by atoms with van der Waals surface area (Å²) in [5.74, 6) is 0.716. The topological polar surface area (TPSA) is 101 Å². The third-order valence-corrected chi connectivity index (χ3v) is 5.98. The van der Waals surface area contributed by atoms with Gasteiger partial charge in [-0.05, 0) is 50.2 Å². The molecule has 0 saturated carbocycles. The number of rotatable bonds is 7. The van der Waals surface area contributed by atoms with Gasteiger partial charge in [0.15, 0.2) is 0 Å². The van der Waals surface area contributed by atoms with Crippen LogP contribution >= 0.6 is 0 Å². The number of carbonyl (C=O) groups excluding carboxylic acids is 1. The monoisotopic (exact) mass is 449 g/mol. The molecule has 172 valence electrons. The van der Waals surface area contributed by atoms with Crippen molar-refractivity contribution >= 4 is 33.7 Å². The molecule has 2 aromatic carbocycles. The molecule has 0 radical (unpaired) electrons. The molecule has 9 nitrogen and oxygen atoms in total. The molecule has 1 fully saturated rings. The number of benzene rings is 2. The number of hydrogen-bond donors (Lipinski definition) is 1. The molecule has 1 N–H and O–H groups in total. The molecule has 33 heavy (non-hydrogen) atoms. The second kappa shape index (κ2) is 9.83. The van der Waals surface area contributed by atoms with E-state index in [0.29, 0.717) is 25.1 Å². The lowest BCUT2D eigenvalue weighted by Crippen LogP contribution is -2.52. The Balaban J connectivity index is 1.40. The molecule has 2 heterocycles. The number of aromatic nitrogens is 1. The van der Waals surface area contributed by atoms with Gasteiger partial charge in [0.2, 0.25) is 5.91 Å². The summed E-state index contributed by atoms with van der Waals surface area (Å²) in [6.45, 7) is 7.29. The summed E-state index contributed by atoms with van der Waals surface area (Å²) in [4.78, 5) is 32.2. The van der Waals surface area contributed by atoms with Crippen LogP contribution in [0.15, 0.2) is 54.9 Å². The van der Waals surface area contributed by atoms with E-state index < -0.39 is 0 Å². The van der Waals surface area contributed by atoms with E-state index in [9.17, 15) is 14.9 Å². The van der Waals surface area contributed by atoms with Crippen LogP contribution in [0.25, 0.3) is 10.8 Å². The standard InChI is InChI=1S/C24H27N5O4/c1-3-33-19-6-4-18(5-7-19)26-24(30)17(2)27-12-14-28(15-13-27)22-8-9-23(29(31)32)21-16-25-11-10-20(21)22/h4-11,16-17H,3,12-15H2,1-2H3,(H,26,30). The van der Waals surface area contributed by atoms with Gasteiger partial charge in [-0.3, -0.25) is 24.8 Å². The van der Waals surface area contributed by atoms with Gasteiger partial charge in [-0.2, -0.15) is 0 Å². The van der Waals surface area contributed by atoms with Crippen molar-refractivity contribution in [3.8, 4) is 5.75 Å². The number of nitro groups is 1. The highest BCUT2D eigenvalue weighted by Gasteiger charge is 2.27. The van der Waals surface area contributed by atoms with Crippen LogP contribution in [0, 0.1) is 10.1 Å². The maximum absolute atomic E-state index is 12.8. The summed E-state index contributed by atoms with van der Waals surface area (Å²) in [5, 5.41) is 15.7. The Morgan fingerprint density at radius 2 is 1.85 bits per heavy atom. The lowest BCUT2D eigenvalue weighted by atomic mass is 10.1. The number of nitrogens with one attached hydrogen (secondary N) is 1. The summed E-state index contributed by atoms with van der Waals surface area (Å²) >= 11 is 0. The number of non-ortho nitro benzene ring substituents is 1. The van der Waals surface area contributed by atoms with Crippen LogP contribution in [0.4, 0.5) is 17.1 Å². The summed E-state index contributed by atoms with van der Waals surface area (Å²) in [5.41, 5.74) is 1.74. The zero-order chi connectivity index (χ0) is 23.4. The lowest BCUT2D eigenvalue weighted by Gasteiger charge is -2.38. The normalized spacial score (nSPS) is 15.3. The molecule has 1 aliphatic heterocycles. The summed E-state index contributed by atoms with van der Waals surface area (Å²) < 4.78 is 5.44. The van der Waals surface area contributed by atoms with Crippen LogP contribution in [0.3, 0.4) is 0 Å². The Bertz CT molecular complexity index is 1140. The van der Waals surface area contributed by atoms with Gasteiger partial charge in [-0.15, -0.1) is 0 Å². The Kier molecular flexibility index (Phi) is 6.69. The minimum absolute atomic E-state index is 0.0556. The van der Waals surface area contributed by atoms with Gasteiger partial charge in [0.05, 0.1) is 23.0 Å². The number of ether oxygens (including phenoxy) is 1. The number of fused-ring (bicyclic) bond motifs is 1. The molecule has 1 aliphatic rings. The summed E-state index contributed by atoms with van der Waals surface area (Å²) in [6.07, 6.45) is 3.19. The molecule has 0 spiro atoms. The Morgan fingerprint density at radius 3 is 2.52 bits per heavy atom. The van der Waals surface area contributed by atoms with E-state index in [2.05, 4.69) is 20.1 Å². The van der Waals surface area contributed by atoms with Crippen molar-refractivity contribution in [2.24, 2.45) is 0 Å². The molecule has 1 amide bonds.